The number of hydrazone groups is 1. The average Bonchev–Trinajstić information content (AvgIpc) is 2.50. The quantitative estimate of drug-likeness (QED) is 0.620. The van der Waals surface area contributed by atoms with Crippen molar-refractivity contribution in [3.05, 3.63) is 45.9 Å². The van der Waals surface area contributed by atoms with Crippen molar-refractivity contribution in [1.82, 2.24) is 15.2 Å². The van der Waals surface area contributed by atoms with Crippen LogP contribution in [0.3, 0.4) is 0 Å². The molecule has 0 saturated heterocycles. The van der Waals surface area contributed by atoms with Crippen LogP contribution in [-0.2, 0) is 0 Å². The number of aryl methyl sites for hydroxylation is 1. The van der Waals surface area contributed by atoms with Crippen molar-refractivity contribution >= 4 is 12.2 Å². The molecular weight excluding hydrogens is 272 g/mol. The smallest absolute Gasteiger partial charge is 0.274 e. The van der Waals surface area contributed by atoms with Crippen molar-refractivity contribution in [2.75, 3.05) is 12.0 Å². The van der Waals surface area contributed by atoms with Crippen LogP contribution in [0.5, 0.6) is 5.75 Å². The van der Waals surface area contributed by atoms with Crippen molar-refractivity contribution in [2.45, 2.75) is 6.92 Å². The second-order valence-electron chi connectivity index (χ2n) is 3.97. The lowest BCUT2D eigenvalue weighted by Gasteiger charge is -2.01. The molecule has 106 valence electrons. The van der Waals surface area contributed by atoms with Gasteiger partial charge in [-0.15, -0.1) is 10.2 Å². The molecule has 1 heterocycles. The van der Waals surface area contributed by atoms with E-state index in [1.807, 2.05) is 6.07 Å². The zero-order valence-corrected chi connectivity index (χ0v) is 11.2. The van der Waals surface area contributed by atoms with Crippen LogP contribution in [0.15, 0.2) is 34.2 Å². The first-order valence-corrected chi connectivity index (χ1v) is 6.01. The van der Waals surface area contributed by atoms with E-state index >= 15 is 0 Å². The van der Waals surface area contributed by atoms with Crippen LogP contribution in [0.1, 0.15) is 11.3 Å². The summed E-state index contributed by atoms with van der Waals surface area (Å²) < 4.78 is 5.13. The molecule has 1 aromatic carbocycles. The molecule has 0 bridgehead atoms. The number of ether oxygens (including phenoxy) is 1. The highest BCUT2D eigenvalue weighted by Crippen LogP contribution is 2.10. The number of nitrogens with one attached hydrogen (secondary N) is 2. The Bertz CT molecular complexity index is 730. The Labute approximate surface area is 120 Å². The van der Waals surface area contributed by atoms with Gasteiger partial charge in [0, 0.05) is 0 Å². The van der Waals surface area contributed by atoms with Gasteiger partial charge in [-0.05, 0) is 36.8 Å². The maximum absolute atomic E-state index is 11.3. The molecule has 2 rings (SSSR count). The first-order chi connectivity index (χ1) is 10.2. The predicted molar refractivity (Wildman–Crippen MR) is 76.2 cm³/mol. The number of hydrogen-bond acceptors (Lipinski definition) is 7. The van der Waals surface area contributed by atoms with Crippen molar-refractivity contribution in [1.29, 1.82) is 5.26 Å². The summed E-state index contributed by atoms with van der Waals surface area (Å²) in [5.74, 6) is 0.770. The first kappa shape index (κ1) is 14.2. The third-order valence-electron chi connectivity index (χ3n) is 2.43. The zero-order chi connectivity index (χ0) is 15.1. The molecule has 8 nitrogen and oxygen atoms in total. The van der Waals surface area contributed by atoms with Crippen molar-refractivity contribution in [3.63, 3.8) is 0 Å². The number of anilines is 1. The summed E-state index contributed by atoms with van der Waals surface area (Å²) in [6.07, 6.45) is 1.55. The molecule has 1 aromatic heterocycles. The molecule has 8 heteroatoms. The molecule has 0 aliphatic carbocycles. The molecule has 0 aliphatic heterocycles. The van der Waals surface area contributed by atoms with Crippen LogP contribution in [-0.4, -0.2) is 28.0 Å². The molecule has 21 heavy (non-hydrogen) atoms. The topological polar surface area (TPSA) is 116 Å². The first-order valence-electron chi connectivity index (χ1n) is 6.01. The van der Waals surface area contributed by atoms with E-state index in [-0.39, 0.29) is 23.8 Å². The van der Waals surface area contributed by atoms with Gasteiger partial charge in [0.05, 0.1) is 6.21 Å². The lowest BCUT2D eigenvalue weighted by Crippen LogP contribution is -2.15. The molecule has 0 radical (unpaired) electrons. The predicted octanol–water partition coefficient (Wildman–Crippen LogP) is 0.822. The fourth-order valence-corrected chi connectivity index (χ4v) is 1.38. The summed E-state index contributed by atoms with van der Waals surface area (Å²) in [5, 5.41) is 19.7. The van der Waals surface area contributed by atoms with E-state index in [1.54, 1.807) is 37.4 Å². The van der Waals surface area contributed by atoms with E-state index in [0.717, 1.165) is 5.56 Å². The summed E-state index contributed by atoms with van der Waals surface area (Å²) in [7, 11) is 0. The van der Waals surface area contributed by atoms with Gasteiger partial charge in [0.25, 0.3) is 5.56 Å². The van der Waals surface area contributed by atoms with Crippen LogP contribution in [0.25, 0.3) is 0 Å². The van der Waals surface area contributed by atoms with E-state index in [9.17, 15) is 4.79 Å². The average molecular weight is 284 g/mol. The van der Waals surface area contributed by atoms with Crippen molar-refractivity contribution in [2.24, 2.45) is 5.10 Å². The fourth-order valence-electron chi connectivity index (χ4n) is 1.38. The minimum Gasteiger partial charge on any atom is -0.479 e. The third kappa shape index (κ3) is 4.14. The molecule has 0 fully saturated rings. The minimum atomic E-state index is -0.318. The van der Waals surface area contributed by atoms with Gasteiger partial charge in [0.2, 0.25) is 5.95 Å². The minimum absolute atomic E-state index is 0.00838. The van der Waals surface area contributed by atoms with E-state index in [4.69, 9.17) is 10.00 Å². The van der Waals surface area contributed by atoms with Gasteiger partial charge in [0.1, 0.15) is 17.5 Å². The largest absolute Gasteiger partial charge is 0.479 e. The number of nitrogens with zero attached hydrogens (tertiary/aromatic N) is 4. The van der Waals surface area contributed by atoms with E-state index in [2.05, 4.69) is 25.7 Å². The van der Waals surface area contributed by atoms with Crippen LogP contribution in [0.4, 0.5) is 5.95 Å². The molecule has 0 saturated carbocycles. The highest BCUT2D eigenvalue weighted by Gasteiger charge is 1.97. The number of rotatable bonds is 5. The Morgan fingerprint density at radius 1 is 1.43 bits per heavy atom. The molecule has 0 atom stereocenters. The maximum Gasteiger partial charge on any atom is 0.274 e. The van der Waals surface area contributed by atoms with Gasteiger partial charge in [-0.1, -0.05) is 0 Å². The van der Waals surface area contributed by atoms with Crippen molar-refractivity contribution in [3.8, 4) is 11.8 Å². The Balaban J connectivity index is 1.96. The number of aromatic nitrogens is 3. The maximum atomic E-state index is 11.3. The molecule has 0 unspecified atom stereocenters. The summed E-state index contributed by atoms with van der Waals surface area (Å²) in [6.45, 7) is 1.57. The Kier molecular flexibility index (Phi) is 4.61. The van der Waals surface area contributed by atoms with E-state index < -0.39 is 0 Å². The lowest BCUT2D eigenvalue weighted by atomic mass is 10.2. The van der Waals surface area contributed by atoms with Crippen LogP contribution in [0, 0.1) is 18.3 Å². The fraction of sp³-hybridized carbons (Fsp3) is 0.154. The Morgan fingerprint density at radius 2 is 2.19 bits per heavy atom. The summed E-state index contributed by atoms with van der Waals surface area (Å²) >= 11 is 0. The second kappa shape index (κ2) is 6.81. The van der Waals surface area contributed by atoms with Gasteiger partial charge in [-0.2, -0.15) is 10.4 Å². The summed E-state index contributed by atoms with van der Waals surface area (Å²) in [6, 6.07) is 8.91. The molecule has 0 aliphatic rings. The summed E-state index contributed by atoms with van der Waals surface area (Å²) in [4.78, 5) is 13.8. The normalized spacial score (nSPS) is 10.3. The SMILES string of the molecule is Cc1nnc(N/N=C\c2ccc(OCC#N)cc2)[nH]c1=O. The number of aromatic amines is 1. The number of hydrogen-bond donors (Lipinski definition) is 2. The molecule has 2 N–H and O–H groups in total. The van der Waals surface area contributed by atoms with Gasteiger partial charge in [-0.3, -0.25) is 9.78 Å². The molecule has 2 aromatic rings. The van der Waals surface area contributed by atoms with Gasteiger partial charge >= 0.3 is 0 Å². The standard InChI is InChI=1S/C13H12N6O2/c1-9-12(20)16-13(19-17-9)18-15-8-10-2-4-11(5-3-10)21-7-6-14/h2-5,8H,7H2,1H3,(H2,16,18,19,20)/b15-8-. The zero-order valence-electron chi connectivity index (χ0n) is 11.2. The van der Waals surface area contributed by atoms with Crippen LogP contribution < -0.4 is 15.7 Å². The molecule has 0 spiro atoms. The number of benzene rings is 1. The van der Waals surface area contributed by atoms with Crippen LogP contribution >= 0.6 is 0 Å². The Hall–Kier alpha value is -3.21. The monoisotopic (exact) mass is 284 g/mol. The van der Waals surface area contributed by atoms with Crippen molar-refractivity contribution < 1.29 is 4.74 Å². The molecular formula is C13H12N6O2. The highest BCUT2D eigenvalue weighted by molar-refractivity contribution is 5.80. The number of H-pyrrole nitrogens is 1. The summed E-state index contributed by atoms with van der Waals surface area (Å²) in [5.41, 5.74) is 3.36. The van der Waals surface area contributed by atoms with Gasteiger partial charge < -0.3 is 4.74 Å². The Morgan fingerprint density at radius 3 is 2.86 bits per heavy atom. The van der Waals surface area contributed by atoms with E-state index in [0.29, 0.717) is 5.75 Å². The lowest BCUT2D eigenvalue weighted by molar-refractivity contribution is 0.368. The van der Waals surface area contributed by atoms with Crippen LogP contribution in [0.2, 0.25) is 0 Å². The van der Waals surface area contributed by atoms with Gasteiger partial charge in [-0.25, -0.2) is 5.43 Å². The van der Waals surface area contributed by atoms with E-state index in [1.165, 1.54) is 0 Å². The van der Waals surface area contributed by atoms with Gasteiger partial charge in [0.15, 0.2) is 6.61 Å². The second-order valence-corrected chi connectivity index (χ2v) is 3.97. The highest BCUT2D eigenvalue weighted by atomic mass is 16.5. The number of nitriles is 1. The third-order valence-corrected chi connectivity index (χ3v) is 2.43. The molecule has 0 amide bonds.